The first-order chi connectivity index (χ1) is 14.3. The van der Waals surface area contributed by atoms with Gasteiger partial charge in [-0.3, -0.25) is 0 Å². The van der Waals surface area contributed by atoms with E-state index in [0.29, 0.717) is 31.6 Å². The number of ether oxygens (including phenoxy) is 2. The second kappa shape index (κ2) is 10.9. The van der Waals surface area contributed by atoms with Gasteiger partial charge in [-0.2, -0.15) is 0 Å². The average molecular weight is 417 g/mol. The molecule has 1 aromatic heterocycles. The lowest BCUT2D eigenvalue weighted by molar-refractivity contribution is 0.287. The highest BCUT2D eigenvalue weighted by atomic mass is 16.5. The minimum absolute atomic E-state index is 0.0207. The summed E-state index contributed by atoms with van der Waals surface area (Å²) in [4.78, 5) is 8.98. The van der Waals surface area contributed by atoms with Gasteiger partial charge in [-0.05, 0) is 45.4 Å². The van der Waals surface area contributed by atoms with E-state index in [1.807, 2.05) is 39.0 Å². The van der Waals surface area contributed by atoms with Crippen LogP contribution < -0.4 is 20.1 Å². The molecule has 30 heavy (non-hydrogen) atoms. The quantitative estimate of drug-likeness (QED) is 0.460. The minimum atomic E-state index is -0.0713. The van der Waals surface area contributed by atoms with Crippen molar-refractivity contribution in [1.29, 1.82) is 0 Å². The number of nitrogens with zero attached hydrogens (tertiary/aromatic N) is 2. The third-order valence-corrected chi connectivity index (χ3v) is 4.43. The number of hydrogen-bond donors (Lipinski definition) is 2. The second-order valence-electron chi connectivity index (χ2n) is 8.00. The molecule has 0 bridgehead atoms. The van der Waals surface area contributed by atoms with Crippen LogP contribution in [0.15, 0.2) is 33.8 Å². The largest absolute Gasteiger partial charge is 0.490 e. The fraction of sp³-hybridized carbons (Fsp3) is 0.565. The summed E-state index contributed by atoms with van der Waals surface area (Å²) in [6.45, 7) is 16.7. The van der Waals surface area contributed by atoms with E-state index in [1.165, 1.54) is 0 Å². The number of benzene rings is 1. The zero-order valence-corrected chi connectivity index (χ0v) is 19.3. The van der Waals surface area contributed by atoms with Gasteiger partial charge in [0.15, 0.2) is 17.5 Å². The third kappa shape index (κ3) is 6.68. The van der Waals surface area contributed by atoms with Gasteiger partial charge in [-0.25, -0.2) is 9.98 Å². The highest BCUT2D eigenvalue weighted by Gasteiger charge is 2.19. The van der Waals surface area contributed by atoms with Gasteiger partial charge in [0, 0.05) is 12.0 Å². The Kier molecular flexibility index (Phi) is 8.57. The van der Waals surface area contributed by atoms with E-state index >= 15 is 0 Å². The fourth-order valence-electron chi connectivity index (χ4n) is 2.82. The van der Waals surface area contributed by atoms with E-state index in [-0.39, 0.29) is 11.5 Å². The van der Waals surface area contributed by atoms with E-state index in [0.717, 1.165) is 29.4 Å². The highest BCUT2D eigenvalue weighted by molar-refractivity contribution is 5.80. The molecule has 2 rings (SSSR count). The summed E-state index contributed by atoms with van der Waals surface area (Å²) in [6, 6.07) is 6.03. The second-order valence-corrected chi connectivity index (χ2v) is 8.00. The number of oxazole rings is 1. The molecule has 1 atom stereocenters. The number of aliphatic imine (C=N–C) groups is 1. The molecule has 2 N–H and O–H groups in total. The molecule has 0 fully saturated rings. The lowest BCUT2D eigenvalue weighted by Crippen LogP contribution is -2.38. The Morgan fingerprint density at radius 1 is 1.13 bits per heavy atom. The topological polar surface area (TPSA) is 80.9 Å². The Morgan fingerprint density at radius 2 is 1.83 bits per heavy atom. The maximum atomic E-state index is 5.84. The fourth-order valence-corrected chi connectivity index (χ4v) is 2.82. The summed E-state index contributed by atoms with van der Waals surface area (Å²) >= 11 is 0. The van der Waals surface area contributed by atoms with Crippen LogP contribution in [0.2, 0.25) is 0 Å². The molecule has 0 aliphatic heterocycles. The van der Waals surface area contributed by atoms with Crippen LogP contribution in [0.4, 0.5) is 0 Å². The molecule has 1 heterocycles. The van der Waals surface area contributed by atoms with Crippen molar-refractivity contribution in [3.63, 3.8) is 0 Å². The molecule has 0 saturated carbocycles. The van der Waals surface area contributed by atoms with E-state index in [2.05, 4.69) is 48.3 Å². The molecule has 1 aromatic carbocycles. The molecule has 0 radical (unpaired) electrons. The summed E-state index contributed by atoms with van der Waals surface area (Å²) in [5.74, 6) is 3.67. The van der Waals surface area contributed by atoms with Gasteiger partial charge in [0.05, 0.1) is 25.5 Å². The van der Waals surface area contributed by atoms with Crippen molar-refractivity contribution in [2.75, 3.05) is 19.8 Å². The van der Waals surface area contributed by atoms with Crippen molar-refractivity contribution in [2.45, 2.75) is 66.5 Å². The van der Waals surface area contributed by atoms with E-state index in [4.69, 9.17) is 13.9 Å². The predicted octanol–water partition coefficient (Wildman–Crippen LogP) is 4.59. The monoisotopic (exact) mass is 416 g/mol. The Hall–Kier alpha value is -2.70. The molecule has 0 spiro atoms. The Balaban J connectivity index is 2.12. The van der Waals surface area contributed by atoms with Gasteiger partial charge in [0.25, 0.3) is 0 Å². The number of guanidine groups is 1. The lowest BCUT2D eigenvalue weighted by Gasteiger charge is -2.20. The molecule has 7 heteroatoms. The Morgan fingerprint density at radius 3 is 2.43 bits per heavy atom. The molecule has 166 valence electrons. The molecule has 0 amide bonds. The van der Waals surface area contributed by atoms with Crippen LogP contribution >= 0.6 is 0 Å². The van der Waals surface area contributed by atoms with Crippen molar-refractivity contribution in [1.82, 2.24) is 15.6 Å². The van der Waals surface area contributed by atoms with Crippen LogP contribution in [0, 0.1) is 0 Å². The van der Waals surface area contributed by atoms with Gasteiger partial charge >= 0.3 is 0 Å². The first-order valence-electron chi connectivity index (χ1n) is 10.7. The maximum Gasteiger partial charge on any atom is 0.216 e. The molecular formula is C23H36N4O3. The van der Waals surface area contributed by atoms with Gasteiger partial charge in [-0.15, -0.1) is 0 Å². The third-order valence-electron chi connectivity index (χ3n) is 4.43. The standard InChI is InChI=1S/C23H36N4O3/c1-8-24-22(26-15-21-25-14-20(30-21)23(5,6)7)27-16(4)17-11-12-18(28-9-2)19(13-17)29-10-3/h11-14,16H,8-10,15H2,1-7H3,(H2,24,26,27). The van der Waals surface area contributed by atoms with Crippen LogP contribution in [0.1, 0.15) is 71.7 Å². The molecule has 7 nitrogen and oxygen atoms in total. The first kappa shape index (κ1) is 23.6. The van der Waals surface area contributed by atoms with Crippen LogP contribution in [0.3, 0.4) is 0 Å². The molecule has 0 saturated heterocycles. The SMILES string of the molecule is CCNC(=NCc1ncc(C(C)(C)C)o1)NC(C)c1ccc(OCC)c(OCC)c1. The lowest BCUT2D eigenvalue weighted by atomic mass is 9.94. The summed E-state index contributed by atoms with van der Waals surface area (Å²) in [6.07, 6.45) is 1.78. The molecule has 2 aromatic rings. The zero-order chi connectivity index (χ0) is 22.1. The van der Waals surface area contributed by atoms with Gasteiger partial charge in [0.2, 0.25) is 5.89 Å². The molecular weight excluding hydrogens is 380 g/mol. The number of rotatable bonds is 9. The van der Waals surface area contributed by atoms with Crippen LogP contribution in [0.5, 0.6) is 11.5 Å². The van der Waals surface area contributed by atoms with Crippen molar-refractivity contribution >= 4 is 5.96 Å². The summed E-state index contributed by atoms with van der Waals surface area (Å²) in [7, 11) is 0. The van der Waals surface area contributed by atoms with E-state index in [1.54, 1.807) is 6.20 Å². The Bertz CT molecular complexity index is 824. The van der Waals surface area contributed by atoms with Gasteiger partial charge < -0.3 is 24.5 Å². The van der Waals surface area contributed by atoms with E-state index in [9.17, 15) is 0 Å². The van der Waals surface area contributed by atoms with Crippen molar-refractivity contribution < 1.29 is 13.9 Å². The number of nitrogens with one attached hydrogen (secondary N) is 2. The summed E-state index contributed by atoms with van der Waals surface area (Å²) in [5.41, 5.74) is 1.01. The number of hydrogen-bond acceptors (Lipinski definition) is 5. The summed E-state index contributed by atoms with van der Waals surface area (Å²) in [5, 5.41) is 6.71. The Labute approximate surface area is 180 Å². The van der Waals surface area contributed by atoms with Gasteiger partial charge in [-0.1, -0.05) is 26.8 Å². The van der Waals surface area contributed by atoms with Crippen LogP contribution in [0.25, 0.3) is 0 Å². The average Bonchev–Trinajstić information content (AvgIpc) is 3.17. The first-order valence-corrected chi connectivity index (χ1v) is 10.7. The molecule has 1 unspecified atom stereocenters. The maximum absolute atomic E-state index is 5.84. The van der Waals surface area contributed by atoms with Crippen LogP contribution in [-0.2, 0) is 12.0 Å². The highest BCUT2D eigenvalue weighted by Crippen LogP contribution is 2.30. The number of aromatic nitrogens is 1. The van der Waals surface area contributed by atoms with Crippen LogP contribution in [-0.4, -0.2) is 30.7 Å². The van der Waals surface area contributed by atoms with Crippen molar-refractivity contribution in [3.8, 4) is 11.5 Å². The summed E-state index contributed by atoms with van der Waals surface area (Å²) < 4.78 is 17.2. The molecule has 0 aliphatic carbocycles. The van der Waals surface area contributed by atoms with Crippen molar-refractivity contribution in [3.05, 3.63) is 41.6 Å². The zero-order valence-electron chi connectivity index (χ0n) is 19.3. The molecule has 0 aliphatic rings. The smallest absolute Gasteiger partial charge is 0.216 e. The minimum Gasteiger partial charge on any atom is -0.490 e. The predicted molar refractivity (Wildman–Crippen MR) is 120 cm³/mol. The normalized spacial score (nSPS) is 13.1. The van der Waals surface area contributed by atoms with Gasteiger partial charge in [0.1, 0.15) is 12.3 Å². The van der Waals surface area contributed by atoms with E-state index < -0.39 is 0 Å². The van der Waals surface area contributed by atoms with Crippen molar-refractivity contribution in [2.24, 2.45) is 4.99 Å².